The molecule has 2 atom stereocenters. The standard InChI is InChI=1S/C21H31NO4/c1-2-3-4-5-8-14-26-17-11-9-10-16(15-17)22-20(23)18-12-6-7-13-19(18)21(24)25/h9-11,15,18-19H,2-8,12-14H2,1H3,(H,22,23)(H,24,25). The van der Waals surface area contributed by atoms with E-state index in [0.717, 1.165) is 25.0 Å². The van der Waals surface area contributed by atoms with E-state index < -0.39 is 17.8 Å². The maximum Gasteiger partial charge on any atom is 0.307 e. The number of amides is 1. The van der Waals surface area contributed by atoms with Crippen LogP contribution in [0.1, 0.15) is 64.7 Å². The van der Waals surface area contributed by atoms with Crippen LogP contribution in [0.5, 0.6) is 5.75 Å². The van der Waals surface area contributed by atoms with Crippen LogP contribution in [0.4, 0.5) is 5.69 Å². The molecule has 2 unspecified atom stereocenters. The SMILES string of the molecule is CCCCCCCOc1cccc(NC(=O)C2CCCCC2C(=O)O)c1. The van der Waals surface area contributed by atoms with E-state index in [2.05, 4.69) is 12.2 Å². The van der Waals surface area contributed by atoms with E-state index in [1.165, 1.54) is 25.7 Å². The monoisotopic (exact) mass is 361 g/mol. The Hall–Kier alpha value is -2.04. The zero-order valence-corrected chi connectivity index (χ0v) is 15.7. The summed E-state index contributed by atoms with van der Waals surface area (Å²) in [6, 6.07) is 7.34. The zero-order chi connectivity index (χ0) is 18.8. The lowest BCUT2D eigenvalue weighted by Crippen LogP contribution is -2.36. The van der Waals surface area contributed by atoms with Crippen LogP contribution in [-0.2, 0) is 9.59 Å². The molecule has 1 aliphatic rings. The van der Waals surface area contributed by atoms with Crippen LogP contribution in [0, 0.1) is 11.8 Å². The molecule has 5 nitrogen and oxygen atoms in total. The number of carbonyl (C=O) groups is 2. The third-order valence-electron chi connectivity index (χ3n) is 5.04. The summed E-state index contributed by atoms with van der Waals surface area (Å²) in [6.45, 7) is 2.87. The number of hydrogen-bond donors (Lipinski definition) is 2. The number of anilines is 1. The number of aliphatic carboxylic acids is 1. The van der Waals surface area contributed by atoms with Gasteiger partial charge in [0.05, 0.1) is 18.4 Å². The second kappa shape index (κ2) is 10.8. The van der Waals surface area contributed by atoms with Crippen LogP contribution in [0.15, 0.2) is 24.3 Å². The highest BCUT2D eigenvalue weighted by Crippen LogP contribution is 2.31. The second-order valence-corrected chi connectivity index (χ2v) is 7.12. The summed E-state index contributed by atoms with van der Waals surface area (Å²) in [7, 11) is 0. The smallest absolute Gasteiger partial charge is 0.307 e. The van der Waals surface area contributed by atoms with Crippen LogP contribution >= 0.6 is 0 Å². The first kappa shape index (κ1) is 20.3. The van der Waals surface area contributed by atoms with Gasteiger partial charge in [-0.05, 0) is 31.4 Å². The number of nitrogens with one attached hydrogen (secondary N) is 1. The maximum atomic E-state index is 12.5. The highest BCUT2D eigenvalue weighted by atomic mass is 16.5. The average Bonchev–Trinajstić information content (AvgIpc) is 2.65. The Morgan fingerprint density at radius 3 is 2.58 bits per heavy atom. The van der Waals surface area contributed by atoms with Crippen molar-refractivity contribution in [1.82, 2.24) is 0 Å². The van der Waals surface area contributed by atoms with Gasteiger partial charge in [0, 0.05) is 11.8 Å². The Balaban J connectivity index is 1.85. The largest absolute Gasteiger partial charge is 0.494 e. The summed E-state index contributed by atoms with van der Waals surface area (Å²) in [5.41, 5.74) is 0.660. The Kier molecular flexibility index (Phi) is 8.45. The fourth-order valence-electron chi connectivity index (χ4n) is 3.53. The summed E-state index contributed by atoms with van der Waals surface area (Å²) in [6.07, 6.45) is 8.92. The van der Waals surface area contributed by atoms with Crippen LogP contribution in [-0.4, -0.2) is 23.6 Å². The third kappa shape index (κ3) is 6.36. The summed E-state index contributed by atoms with van der Waals surface area (Å²) < 4.78 is 5.77. The van der Waals surface area contributed by atoms with Gasteiger partial charge in [0.25, 0.3) is 0 Å². The lowest BCUT2D eigenvalue weighted by atomic mass is 9.78. The number of benzene rings is 1. The summed E-state index contributed by atoms with van der Waals surface area (Å²) in [5, 5.41) is 12.2. The predicted molar refractivity (Wildman–Crippen MR) is 102 cm³/mol. The maximum absolute atomic E-state index is 12.5. The van der Waals surface area contributed by atoms with Gasteiger partial charge in [-0.1, -0.05) is 51.5 Å². The average molecular weight is 361 g/mol. The van der Waals surface area contributed by atoms with Crippen molar-refractivity contribution >= 4 is 17.6 Å². The van der Waals surface area contributed by atoms with E-state index >= 15 is 0 Å². The highest BCUT2D eigenvalue weighted by Gasteiger charge is 2.35. The molecule has 2 N–H and O–H groups in total. The van der Waals surface area contributed by atoms with E-state index in [1.807, 2.05) is 24.3 Å². The topological polar surface area (TPSA) is 75.6 Å². The van der Waals surface area contributed by atoms with Gasteiger partial charge in [-0.2, -0.15) is 0 Å². The summed E-state index contributed by atoms with van der Waals surface area (Å²) >= 11 is 0. The molecule has 1 amide bonds. The van der Waals surface area contributed by atoms with Crippen LogP contribution < -0.4 is 10.1 Å². The van der Waals surface area contributed by atoms with Crippen LogP contribution in [0.3, 0.4) is 0 Å². The van der Waals surface area contributed by atoms with Gasteiger partial charge in [-0.25, -0.2) is 0 Å². The van der Waals surface area contributed by atoms with Crippen molar-refractivity contribution in [2.24, 2.45) is 11.8 Å². The fourth-order valence-corrected chi connectivity index (χ4v) is 3.53. The molecule has 0 aromatic heterocycles. The first-order valence-electron chi connectivity index (χ1n) is 9.88. The molecule has 26 heavy (non-hydrogen) atoms. The summed E-state index contributed by atoms with van der Waals surface area (Å²) in [4.78, 5) is 23.9. The minimum atomic E-state index is -0.870. The molecular weight excluding hydrogens is 330 g/mol. The minimum absolute atomic E-state index is 0.200. The van der Waals surface area contributed by atoms with Gasteiger partial charge in [-0.3, -0.25) is 9.59 Å². The molecule has 5 heteroatoms. The molecule has 0 radical (unpaired) electrons. The minimum Gasteiger partial charge on any atom is -0.494 e. The van der Waals surface area contributed by atoms with E-state index in [9.17, 15) is 14.7 Å². The van der Waals surface area contributed by atoms with Gasteiger partial charge in [-0.15, -0.1) is 0 Å². The predicted octanol–water partition coefficient (Wildman–Crippen LogP) is 4.87. The molecule has 144 valence electrons. The number of unbranched alkanes of at least 4 members (excludes halogenated alkanes) is 4. The van der Waals surface area contributed by atoms with Crippen molar-refractivity contribution in [2.45, 2.75) is 64.7 Å². The van der Waals surface area contributed by atoms with E-state index in [4.69, 9.17) is 4.74 Å². The van der Waals surface area contributed by atoms with Gasteiger partial charge >= 0.3 is 5.97 Å². The van der Waals surface area contributed by atoms with E-state index in [0.29, 0.717) is 25.1 Å². The highest BCUT2D eigenvalue weighted by molar-refractivity contribution is 5.95. The molecule has 0 bridgehead atoms. The third-order valence-corrected chi connectivity index (χ3v) is 5.04. The Bertz CT molecular complexity index is 587. The zero-order valence-electron chi connectivity index (χ0n) is 15.7. The van der Waals surface area contributed by atoms with Gasteiger partial charge in [0.2, 0.25) is 5.91 Å². The van der Waals surface area contributed by atoms with Crippen molar-refractivity contribution in [3.63, 3.8) is 0 Å². The molecule has 0 aliphatic heterocycles. The normalized spacial score (nSPS) is 19.7. The molecule has 1 fully saturated rings. The van der Waals surface area contributed by atoms with Crippen molar-refractivity contribution in [3.8, 4) is 5.75 Å². The van der Waals surface area contributed by atoms with Gasteiger partial charge in [0.15, 0.2) is 0 Å². The lowest BCUT2D eigenvalue weighted by molar-refractivity contribution is -0.147. The van der Waals surface area contributed by atoms with E-state index in [-0.39, 0.29) is 5.91 Å². The first-order valence-corrected chi connectivity index (χ1v) is 9.88. The Morgan fingerprint density at radius 1 is 1.12 bits per heavy atom. The number of carboxylic acid groups (broad SMARTS) is 1. The molecule has 1 aromatic carbocycles. The molecule has 0 spiro atoms. The quantitative estimate of drug-likeness (QED) is 0.583. The molecule has 2 rings (SSSR count). The number of ether oxygens (including phenoxy) is 1. The Labute approximate surface area is 156 Å². The van der Waals surface area contributed by atoms with Crippen LogP contribution in [0.25, 0.3) is 0 Å². The van der Waals surface area contributed by atoms with Gasteiger partial charge < -0.3 is 15.2 Å². The van der Waals surface area contributed by atoms with Crippen molar-refractivity contribution in [2.75, 3.05) is 11.9 Å². The van der Waals surface area contributed by atoms with Crippen LogP contribution in [0.2, 0.25) is 0 Å². The molecule has 1 saturated carbocycles. The molecule has 1 aromatic rings. The molecule has 0 heterocycles. The molecule has 1 aliphatic carbocycles. The number of hydrogen-bond acceptors (Lipinski definition) is 3. The number of rotatable bonds is 10. The molecule has 0 saturated heterocycles. The van der Waals surface area contributed by atoms with Crippen molar-refractivity contribution < 1.29 is 19.4 Å². The first-order chi connectivity index (χ1) is 12.6. The number of carboxylic acids is 1. The van der Waals surface area contributed by atoms with Crippen molar-refractivity contribution in [1.29, 1.82) is 0 Å². The van der Waals surface area contributed by atoms with E-state index in [1.54, 1.807) is 0 Å². The lowest BCUT2D eigenvalue weighted by Gasteiger charge is -2.27. The Morgan fingerprint density at radius 2 is 1.85 bits per heavy atom. The molecular formula is C21H31NO4. The number of carbonyl (C=O) groups excluding carboxylic acids is 1. The van der Waals surface area contributed by atoms with Crippen molar-refractivity contribution in [3.05, 3.63) is 24.3 Å². The van der Waals surface area contributed by atoms with Gasteiger partial charge in [0.1, 0.15) is 5.75 Å². The summed E-state index contributed by atoms with van der Waals surface area (Å²) in [5.74, 6) is -1.37. The second-order valence-electron chi connectivity index (χ2n) is 7.12. The fraction of sp³-hybridized carbons (Fsp3) is 0.619.